The van der Waals surface area contributed by atoms with Crippen molar-refractivity contribution in [3.05, 3.63) is 35.9 Å². The number of hydrogen-bond acceptors (Lipinski definition) is 4. The van der Waals surface area contributed by atoms with Gasteiger partial charge < -0.3 is 36.0 Å². The molecule has 0 aliphatic carbocycles. The van der Waals surface area contributed by atoms with Crippen molar-refractivity contribution in [3.8, 4) is 0 Å². The van der Waals surface area contributed by atoms with Crippen LogP contribution in [0.25, 0.3) is 0 Å². The van der Waals surface area contributed by atoms with E-state index < -0.39 is 5.92 Å². The monoisotopic (exact) mass is 397 g/mol. The lowest BCUT2D eigenvalue weighted by Crippen LogP contribution is -3.00. The van der Waals surface area contributed by atoms with Gasteiger partial charge in [0.15, 0.2) is 0 Å². The molecule has 1 aromatic carbocycles. The molecule has 0 aromatic heterocycles. The predicted octanol–water partition coefficient (Wildman–Crippen LogP) is -1.93. The summed E-state index contributed by atoms with van der Waals surface area (Å²) in [7, 11) is 4.51. The van der Waals surface area contributed by atoms with Gasteiger partial charge in [-0.2, -0.15) is 0 Å². The van der Waals surface area contributed by atoms with Gasteiger partial charge in [-0.3, -0.25) is 4.79 Å². The smallest absolute Gasteiger partial charge is 0.316 e. The molecule has 3 aliphatic heterocycles. The zero-order valence-corrected chi connectivity index (χ0v) is 15.6. The molecule has 3 fully saturated rings. The average Bonchev–Trinajstić information content (AvgIpc) is 3.27. The summed E-state index contributed by atoms with van der Waals surface area (Å²) < 4.78 is 12.5. The Balaban J connectivity index is 0.00000169. The number of rotatable bonds is 4. The van der Waals surface area contributed by atoms with Crippen molar-refractivity contribution < 1.29 is 40.8 Å². The van der Waals surface area contributed by atoms with E-state index in [-0.39, 0.29) is 35.7 Å². The number of carbonyl (C=O) groups excluding carboxylic acids is 1. The highest BCUT2D eigenvalue weighted by Crippen LogP contribution is 2.51. The van der Waals surface area contributed by atoms with Crippen molar-refractivity contribution in [1.82, 2.24) is 0 Å². The van der Waals surface area contributed by atoms with Crippen molar-refractivity contribution in [2.75, 3.05) is 20.7 Å². The Labute approximate surface area is 152 Å². The second-order valence-electron chi connectivity index (χ2n) is 7.51. The highest BCUT2D eigenvalue weighted by molar-refractivity contribution is 5.78. The molecule has 3 unspecified atom stereocenters. The van der Waals surface area contributed by atoms with Gasteiger partial charge in [-0.1, -0.05) is 30.3 Å². The summed E-state index contributed by atoms with van der Waals surface area (Å²) in [6.45, 7) is -0.224. The average molecular weight is 398 g/mol. The van der Waals surface area contributed by atoms with Crippen molar-refractivity contribution in [1.29, 1.82) is 0 Å². The fourth-order valence-corrected chi connectivity index (χ4v) is 4.55. The summed E-state index contributed by atoms with van der Waals surface area (Å²) >= 11 is 0. The molecular weight excluding hydrogens is 374 g/mol. The zero-order chi connectivity index (χ0) is 16.2. The number of hydrogen-bond donors (Lipinski definition) is 1. The van der Waals surface area contributed by atoms with Crippen molar-refractivity contribution in [3.63, 3.8) is 0 Å². The first-order valence-corrected chi connectivity index (χ1v) is 8.37. The molecule has 3 saturated heterocycles. The van der Waals surface area contributed by atoms with Gasteiger partial charge in [0.25, 0.3) is 0 Å². The van der Waals surface area contributed by atoms with Crippen LogP contribution in [0.15, 0.2) is 30.3 Å². The maximum Gasteiger partial charge on any atom is 0.316 e. The van der Waals surface area contributed by atoms with Crippen molar-refractivity contribution in [2.45, 2.75) is 49.2 Å². The molecule has 5 nitrogen and oxygen atoms in total. The minimum atomic E-state index is -0.593. The topological polar surface area (TPSA) is 59.1 Å². The maximum absolute atomic E-state index is 12.5. The third-order valence-corrected chi connectivity index (χ3v) is 5.99. The highest BCUT2D eigenvalue weighted by Gasteiger charge is 2.70. The lowest BCUT2D eigenvalue weighted by atomic mass is 9.95. The molecule has 132 valence electrons. The Kier molecular flexibility index (Phi) is 4.77. The van der Waals surface area contributed by atoms with E-state index in [0.29, 0.717) is 24.3 Å². The number of piperidine rings is 1. The Morgan fingerprint density at radius 2 is 1.83 bits per heavy atom. The summed E-state index contributed by atoms with van der Waals surface area (Å²) in [6.07, 6.45) is 2.34. The van der Waals surface area contributed by atoms with Gasteiger partial charge in [0, 0.05) is 12.8 Å². The molecule has 0 spiro atoms. The van der Waals surface area contributed by atoms with Crippen LogP contribution >= 0.6 is 0 Å². The molecule has 1 N–H and O–H groups in total. The molecule has 6 heteroatoms. The number of morpholine rings is 1. The van der Waals surface area contributed by atoms with Crippen LogP contribution in [-0.4, -0.2) is 66.7 Å². The van der Waals surface area contributed by atoms with Crippen molar-refractivity contribution in [2.24, 2.45) is 0 Å². The Morgan fingerprint density at radius 3 is 2.38 bits per heavy atom. The molecule has 24 heavy (non-hydrogen) atoms. The largest absolute Gasteiger partial charge is 1.00 e. The lowest BCUT2D eigenvalue weighted by molar-refractivity contribution is -0.938. The highest BCUT2D eigenvalue weighted by atomic mass is 79.9. The Hall–Kier alpha value is -0.950. The number of aliphatic hydroxyl groups excluding tert-OH is 1. The van der Waals surface area contributed by atoms with Crippen LogP contribution in [0, 0.1) is 0 Å². The second-order valence-corrected chi connectivity index (χ2v) is 7.51. The fraction of sp³-hybridized carbons (Fsp3) is 0.611. The van der Waals surface area contributed by atoms with Gasteiger partial charge in [-0.25, -0.2) is 0 Å². The van der Waals surface area contributed by atoms with Gasteiger partial charge in [0.05, 0.1) is 20.7 Å². The molecule has 3 heterocycles. The third-order valence-electron chi connectivity index (χ3n) is 5.99. The number of halogens is 1. The van der Waals surface area contributed by atoms with Crippen LogP contribution in [0.5, 0.6) is 0 Å². The summed E-state index contributed by atoms with van der Waals surface area (Å²) in [4.78, 5) is 12.5. The van der Waals surface area contributed by atoms with Gasteiger partial charge in [0.2, 0.25) is 0 Å². The van der Waals surface area contributed by atoms with E-state index in [0.717, 1.165) is 22.9 Å². The SMILES string of the molecule is C[N+]1(C)[C@H]2CC(OC(=O)C(CO)c3ccccc3)C[C@H]1C1OC12.[Br-]. The van der Waals surface area contributed by atoms with Crippen LogP contribution in [0.4, 0.5) is 0 Å². The molecule has 5 atom stereocenters. The number of ether oxygens (including phenoxy) is 2. The summed E-state index contributed by atoms with van der Waals surface area (Å²) in [5.41, 5.74) is 0.807. The maximum atomic E-state index is 12.5. The number of benzene rings is 1. The van der Waals surface area contributed by atoms with E-state index in [2.05, 4.69) is 14.1 Å². The number of epoxide rings is 1. The fourth-order valence-electron chi connectivity index (χ4n) is 4.55. The van der Waals surface area contributed by atoms with E-state index in [1.807, 2.05) is 30.3 Å². The normalized spacial score (nSPS) is 36.2. The first-order chi connectivity index (χ1) is 11.0. The van der Waals surface area contributed by atoms with Crippen LogP contribution in [0.3, 0.4) is 0 Å². The molecule has 0 amide bonds. The number of quaternary nitrogens is 1. The summed E-state index contributed by atoms with van der Waals surface area (Å²) in [5.74, 6) is -0.908. The molecule has 4 rings (SSSR count). The number of nitrogens with zero attached hydrogens (tertiary/aromatic N) is 1. The van der Waals surface area contributed by atoms with E-state index in [9.17, 15) is 9.90 Å². The van der Waals surface area contributed by atoms with E-state index in [1.54, 1.807) is 0 Å². The van der Waals surface area contributed by atoms with Gasteiger partial charge in [-0.05, 0) is 5.56 Å². The number of carbonyl (C=O) groups is 1. The molecule has 3 aliphatic rings. The van der Waals surface area contributed by atoms with Crippen molar-refractivity contribution >= 4 is 5.97 Å². The predicted molar refractivity (Wildman–Crippen MR) is 83.7 cm³/mol. The van der Waals surface area contributed by atoms with Gasteiger partial charge in [0.1, 0.15) is 36.3 Å². The lowest BCUT2D eigenvalue weighted by Gasteiger charge is -2.45. The van der Waals surface area contributed by atoms with Crippen LogP contribution < -0.4 is 17.0 Å². The molecule has 0 radical (unpaired) electrons. The molecular formula is C18H24BrNO4. The minimum Gasteiger partial charge on any atom is -1.00 e. The summed E-state index contributed by atoms with van der Waals surface area (Å²) in [5, 5.41) is 9.60. The third kappa shape index (κ3) is 2.79. The molecule has 0 saturated carbocycles. The van der Waals surface area contributed by atoms with Gasteiger partial charge in [-0.15, -0.1) is 0 Å². The number of likely N-dealkylation sites (N-methyl/N-ethyl adjacent to an activating group) is 1. The quantitative estimate of drug-likeness (QED) is 0.365. The molecule has 1 aromatic rings. The molecule has 2 bridgehead atoms. The van der Waals surface area contributed by atoms with E-state index in [4.69, 9.17) is 9.47 Å². The number of esters is 1. The number of aliphatic hydroxyl groups is 1. The number of fused-ring (bicyclic) bond motifs is 5. The van der Waals surface area contributed by atoms with E-state index >= 15 is 0 Å². The van der Waals surface area contributed by atoms with Gasteiger partial charge >= 0.3 is 5.97 Å². The van der Waals surface area contributed by atoms with E-state index in [1.165, 1.54) is 0 Å². The van der Waals surface area contributed by atoms with Crippen LogP contribution in [0.1, 0.15) is 24.3 Å². The summed E-state index contributed by atoms with van der Waals surface area (Å²) in [6, 6.07) is 10.2. The Morgan fingerprint density at radius 1 is 1.25 bits per heavy atom. The first-order valence-electron chi connectivity index (χ1n) is 8.37. The van der Waals surface area contributed by atoms with Crippen LogP contribution in [0.2, 0.25) is 0 Å². The zero-order valence-electron chi connectivity index (χ0n) is 14.0. The second kappa shape index (κ2) is 6.41. The van der Waals surface area contributed by atoms with Crippen LogP contribution in [-0.2, 0) is 14.3 Å². The minimum absolute atomic E-state index is 0. The Bertz CT molecular complexity index is 588. The standard InChI is InChI=1S/C18H24NO4.BrH/c1-19(2)14-8-12(9-15(19)17-16(14)23-17)22-18(21)13(10-20)11-6-4-3-5-7-11;/h3-7,12-17,20H,8-10H2,1-2H3;1H/q+1;/p-1/t12?,13?,14-,15-,16?,17?;/m0./s1. The first kappa shape index (κ1) is 17.9.